The number of likely N-dealkylation sites (tertiary alicyclic amines) is 1. The second-order valence-corrected chi connectivity index (χ2v) is 6.13. The third-order valence-corrected chi connectivity index (χ3v) is 4.55. The van der Waals surface area contributed by atoms with Crippen molar-refractivity contribution in [3.05, 3.63) is 23.9 Å². The number of rotatable bonds is 5. The molecule has 23 heavy (non-hydrogen) atoms. The molecule has 6 nitrogen and oxygen atoms in total. The molecule has 128 valence electrons. The van der Waals surface area contributed by atoms with Gasteiger partial charge in [0, 0.05) is 38.9 Å². The summed E-state index contributed by atoms with van der Waals surface area (Å²) in [5.41, 5.74) is 0.972. The van der Waals surface area contributed by atoms with E-state index in [1.54, 1.807) is 11.1 Å². The van der Waals surface area contributed by atoms with Crippen LogP contribution in [0.4, 0.5) is 10.6 Å². The maximum Gasteiger partial charge on any atom is 0.317 e. The SMILES string of the molecule is CCN(CC)c1ccc(CNC(=O)N2CCC(C)C(O)C2)cn1. The van der Waals surface area contributed by atoms with Crippen molar-refractivity contribution in [2.75, 3.05) is 31.1 Å². The van der Waals surface area contributed by atoms with Crippen LogP contribution in [0.5, 0.6) is 0 Å². The number of hydrogen-bond donors (Lipinski definition) is 2. The average Bonchev–Trinajstić information content (AvgIpc) is 2.57. The van der Waals surface area contributed by atoms with Gasteiger partial charge in [0.25, 0.3) is 0 Å². The van der Waals surface area contributed by atoms with Gasteiger partial charge in [-0.1, -0.05) is 13.0 Å². The van der Waals surface area contributed by atoms with Gasteiger partial charge >= 0.3 is 6.03 Å². The number of nitrogens with one attached hydrogen (secondary N) is 1. The van der Waals surface area contributed by atoms with Crippen LogP contribution in [0.3, 0.4) is 0 Å². The lowest BCUT2D eigenvalue weighted by molar-refractivity contribution is 0.0435. The van der Waals surface area contributed by atoms with Gasteiger partial charge in [-0.3, -0.25) is 0 Å². The number of carbonyl (C=O) groups is 1. The lowest BCUT2D eigenvalue weighted by Crippen LogP contribution is -2.49. The first-order chi connectivity index (χ1) is 11.0. The Hall–Kier alpha value is -1.82. The molecule has 0 radical (unpaired) electrons. The summed E-state index contributed by atoms with van der Waals surface area (Å²) in [6, 6.07) is 3.86. The molecule has 1 aromatic rings. The number of nitrogens with zero attached hydrogens (tertiary/aromatic N) is 3. The van der Waals surface area contributed by atoms with Gasteiger partial charge < -0.3 is 20.2 Å². The zero-order chi connectivity index (χ0) is 16.8. The molecule has 2 heterocycles. The van der Waals surface area contributed by atoms with Gasteiger partial charge in [0.1, 0.15) is 5.82 Å². The quantitative estimate of drug-likeness (QED) is 0.868. The lowest BCUT2D eigenvalue weighted by atomic mass is 9.96. The van der Waals surface area contributed by atoms with Crippen LogP contribution in [-0.4, -0.2) is 53.3 Å². The maximum absolute atomic E-state index is 12.2. The van der Waals surface area contributed by atoms with Crippen LogP contribution in [0.15, 0.2) is 18.3 Å². The van der Waals surface area contributed by atoms with Crippen molar-refractivity contribution in [1.29, 1.82) is 0 Å². The van der Waals surface area contributed by atoms with Crippen molar-refractivity contribution in [2.24, 2.45) is 5.92 Å². The number of pyridine rings is 1. The molecule has 1 aliphatic heterocycles. The van der Waals surface area contributed by atoms with Gasteiger partial charge in [-0.05, 0) is 37.8 Å². The highest BCUT2D eigenvalue weighted by atomic mass is 16.3. The molecule has 2 rings (SSSR count). The number of urea groups is 1. The fraction of sp³-hybridized carbons (Fsp3) is 0.647. The predicted molar refractivity (Wildman–Crippen MR) is 91.4 cm³/mol. The van der Waals surface area contributed by atoms with E-state index in [2.05, 4.69) is 29.0 Å². The van der Waals surface area contributed by atoms with Gasteiger partial charge in [0.2, 0.25) is 0 Å². The van der Waals surface area contributed by atoms with Gasteiger partial charge in [0.15, 0.2) is 0 Å². The summed E-state index contributed by atoms with van der Waals surface area (Å²) in [6.45, 7) is 9.63. The van der Waals surface area contributed by atoms with Crippen molar-refractivity contribution in [2.45, 2.75) is 39.8 Å². The van der Waals surface area contributed by atoms with Crippen LogP contribution in [0.25, 0.3) is 0 Å². The minimum Gasteiger partial charge on any atom is -0.391 e. The Bertz CT molecular complexity index is 502. The van der Waals surface area contributed by atoms with E-state index in [0.29, 0.717) is 19.6 Å². The summed E-state index contributed by atoms with van der Waals surface area (Å²) >= 11 is 0. The van der Waals surface area contributed by atoms with Crippen molar-refractivity contribution in [3.63, 3.8) is 0 Å². The first-order valence-electron chi connectivity index (χ1n) is 8.45. The minimum atomic E-state index is -0.426. The molecule has 0 bridgehead atoms. The van der Waals surface area contributed by atoms with Crippen LogP contribution in [0.1, 0.15) is 32.8 Å². The molecule has 2 atom stereocenters. The van der Waals surface area contributed by atoms with Gasteiger partial charge in [-0.25, -0.2) is 9.78 Å². The molecule has 0 aliphatic carbocycles. The molecule has 1 aromatic heterocycles. The Morgan fingerprint density at radius 2 is 2.17 bits per heavy atom. The summed E-state index contributed by atoms with van der Waals surface area (Å²) in [7, 11) is 0. The van der Waals surface area contributed by atoms with Crippen molar-refractivity contribution >= 4 is 11.8 Å². The molecule has 6 heteroatoms. The predicted octanol–water partition coefficient (Wildman–Crippen LogP) is 1.84. The maximum atomic E-state index is 12.2. The van der Waals surface area contributed by atoms with E-state index in [1.807, 2.05) is 19.1 Å². The highest BCUT2D eigenvalue weighted by molar-refractivity contribution is 5.74. The Morgan fingerprint density at radius 3 is 2.74 bits per heavy atom. The zero-order valence-corrected chi connectivity index (χ0v) is 14.3. The minimum absolute atomic E-state index is 0.122. The Kier molecular flexibility index (Phi) is 6.21. The molecule has 1 aliphatic rings. The standard InChI is InChI=1S/C17H28N4O2/c1-4-20(5-2)16-7-6-14(10-18-16)11-19-17(23)21-9-8-13(3)15(22)12-21/h6-7,10,13,15,22H,4-5,8-9,11-12H2,1-3H3,(H,19,23). The molecule has 1 fully saturated rings. The fourth-order valence-electron chi connectivity index (χ4n) is 2.78. The number of hydrogen-bond acceptors (Lipinski definition) is 4. The number of carbonyl (C=O) groups excluding carboxylic acids is 1. The van der Waals surface area contributed by atoms with Crippen LogP contribution in [-0.2, 0) is 6.54 Å². The molecule has 2 N–H and O–H groups in total. The second-order valence-electron chi connectivity index (χ2n) is 6.13. The van der Waals surface area contributed by atoms with Crippen LogP contribution in [0, 0.1) is 5.92 Å². The average molecular weight is 320 g/mol. The van der Waals surface area contributed by atoms with Gasteiger partial charge in [-0.15, -0.1) is 0 Å². The smallest absolute Gasteiger partial charge is 0.317 e. The zero-order valence-electron chi connectivity index (χ0n) is 14.3. The number of aliphatic hydroxyl groups excluding tert-OH is 1. The highest BCUT2D eigenvalue weighted by Gasteiger charge is 2.27. The third kappa shape index (κ3) is 4.58. The van der Waals surface area contributed by atoms with Crippen molar-refractivity contribution < 1.29 is 9.90 Å². The van der Waals surface area contributed by atoms with Crippen LogP contribution < -0.4 is 10.2 Å². The number of amides is 2. The number of β-amino-alcohol motifs (C(OH)–C–C–N with tert-alkyl or cyclic N) is 1. The Morgan fingerprint density at radius 1 is 1.43 bits per heavy atom. The van der Waals surface area contributed by atoms with Crippen molar-refractivity contribution in [1.82, 2.24) is 15.2 Å². The summed E-state index contributed by atoms with van der Waals surface area (Å²) in [5, 5.41) is 12.8. The largest absolute Gasteiger partial charge is 0.391 e. The summed E-state index contributed by atoms with van der Waals surface area (Å²) < 4.78 is 0. The molecular weight excluding hydrogens is 292 g/mol. The Labute approximate surface area is 138 Å². The molecule has 0 spiro atoms. The topological polar surface area (TPSA) is 68.7 Å². The summed E-state index contributed by atoms with van der Waals surface area (Å²) in [5.74, 6) is 1.22. The first kappa shape index (κ1) is 17.5. The lowest BCUT2D eigenvalue weighted by Gasteiger charge is -2.34. The molecule has 0 aromatic carbocycles. The number of piperidine rings is 1. The molecule has 1 saturated heterocycles. The number of anilines is 1. The van der Waals surface area contributed by atoms with E-state index in [1.165, 1.54) is 0 Å². The molecule has 2 unspecified atom stereocenters. The summed E-state index contributed by atoms with van der Waals surface area (Å²) in [6.07, 6.45) is 2.22. The van der Waals surface area contributed by atoms with Crippen molar-refractivity contribution in [3.8, 4) is 0 Å². The van der Waals surface area contributed by atoms with Gasteiger partial charge in [0.05, 0.1) is 6.10 Å². The van der Waals surface area contributed by atoms with Gasteiger partial charge in [-0.2, -0.15) is 0 Å². The van der Waals surface area contributed by atoms with E-state index in [0.717, 1.165) is 30.9 Å². The monoisotopic (exact) mass is 320 g/mol. The molecular formula is C17H28N4O2. The normalized spacial score (nSPS) is 21.1. The molecule has 0 saturated carbocycles. The van der Waals surface area contributed by atoms with E-state index in [4.69, 9.17) is 0 Å². The van der Waals surface area contributed by atoms with E-state index >= 15 is 0 Å². The first-order valence-corrected chi connectivity index (χ1v) is 8.45. The number of aromatic nitrogens is 1. The third-order valence-electron chi connectivity index (χ3n) is 4.55. The van der Waals surface area contributed by atoms with E-state index < -0.39 is 6.10 Å². The van der Waals surface area contributed by atoms with Crippen LogP contribution >= 0.6 is 0 Å². The Balaban J connectivity index is 1.84. The van der Waals surface area contributed by atoms with Crippen LogP contribution in [0.2, 0.25) is 0 Å². The second kappa shape index (κ2) is 8.15. The summed E-state index contributed by atoms with van der Waals surface area (Å²) in [4.78, 5) is 20.5. The molecule has 2 amide bonds. The van der Waals surface area contributed by atoms with E-state index in [9.17, 15) is 9.90 Å². The highest BCUT2D eigenvalue weighted by Crippen LogP contribution is 2.17. The number of aliphatic hydroxyl groups is 1. The van der Waals surface area contributed by atoms with E-state index in [-0.39, 0.29) is 11.9 Å². The fourth-order valence-corrected chi connectivity index (χ4v) is 2.78.